The number of rotatable bonds is 3. The number of ether oxygens (including phenoxy) is 1. The highest BCUT2D eigenvalue weighted by molar-refractivity contribution is 6.30. The topological polar surface area (TPSA) is 53.9 Å². The van der Waals surface area contributed by atoms with Crippen LogP contribution in [0.15, 0.2) is 71.7 Å². The van der Waals surface area contributed by atoms with Gasteiger partial charge in [-0.05, 0) is 55.3 Å². The zero-order valence-corrected chi connectivity index (χ0v) is 17.7. The van der Waals surface area contributed by atoms with Crippen LogP contribution >= 0.6 is 11.6 Å². The fourth-order valence-corrected chi connectivity index (χ4v) is 4.05. The Morgan fingerprint density at radius 2 is 1.71 bits per heavy atom. The molecule has 5 nitrogen and oxygen atoms in total. The number of fused-ring (bicyclic) bond motifs is 2. The highest BCUT2D eigenvalue weighted by atomic mass is 35.5. The zero-order chi connectivity index (χ0) is 21.2. The molecule has 0 aromatic heterocycles. The third kappa shape index (κ3) is 4.20. The number of hydrogen-bond acceptors (Lipinski definition) is 4. The normalized spacial score (nSPS) is 15.7. The Morgan fingerprint density at radius 1 is 0.935 bits per heavy atom. The van der Waals surface area contributed by atoms with Gasteiger partial charge in [0.1, 0.15) is 11.4 Å². The van der Waals surface area contributed by atoms with Crippen molar-refractivity contribution in [1.29, 1.82) is 0 Å². The first-order chi connectivity index (χ1) is 15.2. The molecule has 2 heterocycles. The second-order valence-electron chi connectivity index (χ2n) is 7.74. The van der Waals surface area contributed by atoms with Gasteiger partial charge in [0.25, 0.3) is 5.91 Å². The molecule has 0 saturated carbocycles. The van der Waals surface area contributed by atoms with Crippen LogP contribution in [0.3, 0.4) is 0 Å². The Morgan fingerprint density at radius 3 is 2.52 bits per heavy atom. The van der Waals surface area contributed by atoms with E-state index < -0.39 is 0 Å². The lowest BCUT2D eigenvalue weighted by atomic mass is 10.0. The molecule has 6 heteroatoms. The van der Waals surface area contributed by atoms with Crippen LogP contribution in [0, 0.1) is 0 Å². The van der Waals surface area contributed by atoms with Gasteiger partial charge in [-0.1, -0.05) is 42.3 Å². The maximum absolute atomic E-state index is 12.8. The van der Waals surface area contributed by atoms with Gasteiger partial charge >= 0.3 is 0 Å². The molecule has 1 saturated heterocycles. The number of halogens is 1. The minimum Gasteiger partial charge on any atom is -0.454 e. The van der Waals surface area contributed by atoms with Gasteiger partial charge in [-0.15, -0.1) is 0 Å². The Labute approximate surface area is 186 Å². The lowest BCUT2D eigenvalue weighted by Crippen LogP contribution is -2.45. The SMILES string of the molecule is O=C(NN1CCCCC1)c1ccc2c(c1)N=C(c1ccc(Cl)cc1)c1ccccc1O2. The second kappa shape index (κ2) is 8.53. The number of piperidine rings is 1. The number of aliphatic imine (C=N–C) groups is 1. The first-order valence-corrected chi connectivity index (χ1v) is 10.9. The van der Waals surface area contributed by atoms with Crippen LogP contribution < -0.4 is 10.2 Å². The van der Waals surface area contributed by atoms with Gasteiger partial charge in [-0.2, -0.15) is 0 Å². The van der Waals surface area contributed by atoms with Crippen LogP contribution in [0.5, 0.6) is 11.5 Å². The van der Waals surface area contributed by atoms with Crippen LogP contribution in [0.4, 0.5) is 5.69 Å². The molecule has 2 aliphatic heterocycles. The van der Waals surface area contributed by atoms with E-state index in [1.54, 1.807) is 12.1 Å². The second-order valence-corrected chi connectivity index (χ2v) is 8.17. The summed E-state index contributed by atoms with van der Waals surface area (Å²) in [5.74, 6) is 1.21. The molecule has 1 fully saturated rings. The van der Waals surface area contributed by atoms with E-state index in [0.717, 1.165) is 48.5 Å². The monoisotopic (exact) mass is 431 g/mol. The van der Waals surface area contributed by atoms with E-state index in [0.29, 0.717) is 22.0 Å². The average Bonchev–Trinajstić information content (AvgIpc) is 2.96. The maximum atomic E-state index is 12.8. The molecule has 5 rings (SSSR count). The Kier molecular flexibility index (Phi) is 5.45. The summed E-state index contributed by atoms with van der Waals surface area (Å²) in [6.45, 7) is 1.77. The summed E-state index contributed by atoms with van der Waals surface area (Å²) in [4.78, 5) is 17.8. The summed E-state index contributed by atoms with van der Waals surface area (Å²) in [5, 5.41) is 2.66. The van der Waals surface area contributed by atoms with Crippen molar-refractivity contribution in [3.8, 4) is 11.5 Å². The zero-order valence-electron chi connectivity index (χ0n) is 17.0. The number of nitrogens with zero attached hydrogens (tertiary/aromatic N) is 2. The summed E-state index contributed by atoms with van der Waals surface area (Å²) < 4.78 is 6.18. The smallest absolute Gasteiger partial charge is 0.265 e. The van der Waals surface area contributed by atoms with Crippen LogP contribution in [0.25, 0.3) is 0 Å². The van der Waals surface area contributed by atoms with E-state index in [2.05, 4.69) is 5.43 Å². The number of nitrogens with one attached hydrogen (secondary N) is 1. The van der Waals surface area contributed by atoms with Crippen molar-refractivity contribution in [3.05, 3.63) is 88.4 Å². The van der Waals surface area contributed by atoms with E-state index in [-0.39, 0.29) is 5.91 Å². The number of hydrogen-bond donors (Lipinski definition) is 1. The molecule has 2 aliphatic rings. The van der Waals surface area contributed by atoms with Crippen LogP contribution in [0.1, 0.15) is 40.7 Å². The van der Waals surface area contributed by atoms with Crippen molar-refractivity contribution in [2.24, 2.45) is 4.99 Å². The van der Waals surface area contributed by atoms with Crippen LogP contribution in [0.2, 0.25) is 5.02 Å². The Balaban J connectivity index is 1.54. The predicted molar refractivity (Wildman–Crippen MR) is 123 cm³/mol. The van der Waals surface area contributed by atoms with Gasteiger partial charge in [0, 0.05) is 34.8 Å². The number of carbonyl (C=O) groups is 1. The highest BCUT2D eigenvalue weighted by Gasteiger charge is 2.21. The molecule has 0 aliphatic carbocycles. The van der Waals surface area contributed by atoms with Gasteiger partial charge < -0.3 is 4.74 Å². The van der Waals surface area contributed by atoms with E-state index >= 15 is 0 Å². The summed E-state index contributed by atoms with van der Waals surface area (Å²) in [5.41, 5.74) is 6.78. The number of carbonyl (C=O) groups excluding carboxylic acids is 1. The fraction of sp³-hybridized carbons (Fsp3) is 0.200. The maximum Gasteiger partial charge on any atom is 0.265 e. The summed E-state index contributed by atoms with van der Waals surface area (Å²) in [6, 6.07) is 20.8. The molecule has 0 radical (unpaired) electrons. The minimum absolute atomic E-state index is 0.130. The molecule has 3 aromatic carbocycles. The van der Waals surface area contributed by atoms with Crippen molar-refractivity contribution in [2.45, 2.75) is 19.3 Å². The molecule has 0 bridgehead atoms. The molecular weight excluding hydrogens is 410 g/mol. The van der Waals surface area contributed by atoms with Gasteiger partial charge in [0.2, 0.25) is 0 Å². The van der Waals surface area contributed by atoms with Crippen molar-refractivity contribution in [1.82, 2.24) is 10.4 Å². The quantitative estimate of drug-likeness (QED) is 0.449. The molecule has 1 amide bonds. The number of amides is 1. The van der Waals surface area contributed by atoms with E-state index in [9.17, 15) is 4.79 Å². The summed E-state index contributed by atoms with van der Waals surface area (Å²) in [7, 11) is 0. The molecule has 31 heavy (non-hydrogen) atoms. The van der Waals surface area contributed by atoms with E-state index in [1.807, 2.05) is 59.6 Å². The van der Waals surface area contributed by atoms with E-state index in [1.165, 1.54) is 6.42 Å². The number of benzene rings is 3. The first kappa shape index (κ1) is 19.8. The molecule has 0 atom stereocenters. The van der Waals surface area contributed by atoms with Gasteiger partial charge in [0.15, 0.2) is 5.75 Å². The Hall–Kier alpha value is -3.15. The molecule has 3 aromatic rings. The van der Waals surface area contributed by atoms with Gasteiger partial charge in [-0.3, -0.25) is 10.2 Å². The molecule has 156 valence electrons. The lowest BCUT2D eigenvalue weighted by molar-refractivity contribution is 0.0750. The third-order valence-corrected chi connectivity index (χ3v) is 5.80. The minimum atomic E-state index is -0.130. The molecular formula is C25H22ClN3O2. The van der Waals surface area contributed by atoms with E-state index in [4.69, 9.17) is 21.3 Å². The van der Waals surface area contributed by atoms with Crippen molar-refractivity contribution in [2.75, 3.05) is 13.1 Å². The van der Waals surface area contributed by atoms with Gasteiger partial charge in [0.05, 0.1) is 5.71 Å². The number of para-hydroxylation sites is 1. The molecule has 1 N–H and O–H groups in total. The third-order valence-electron chi connectivity index (χ3n) is 5.55. The molecule has 0 spiro atoms. The van der Waals surface area contributed by atoms with Crippen molar-refractivity contribution in [3.63, 3.8) is 0 Å². The van der Waals surface area contributed by atoms with Crippen molar-refractivity contribution < 1.29 is 9.53 Å². The average molecular weight is 432 g/mol. The predicted octanol–water partition coefficient (Wildman–Crippen LogP) is 5.75. The standard InChI is InChI=1S/C25H22ClN3O2/c26-19-11-8-17(9-12-19)24-20-6-2-3-7-22(20)31-23-13-10-18(16-21(23)27-24)25(30)28-29-14-4-1-5-15-29/h2-3,6-13,16H,1,4-5,14-15H2,(H,28,30). The van der Waals surface area contributed by atoms with Crippen LogP contribution in [-0.4, -0.2) is 29.7 Å². The largest absolute Gasteiger partial charge is 0.454 e. The summed E-state index contributed by atoms with van der Waals surface area (Å²) in [6.07, 6.45) is 3.42. The molecule has 0 unspecified atom stereocenters. The first-order valence-electron chi connectivity index (χ1n) is 10.5. The highest BCUT2D eigenvalue weighted by Crippen LogP contribution is 2.39. The number of hydrazine groups is 1. The Bertz CT molecular complexity index is 1150. The van der Waals surface area contributed by atoms with Crippen molar-refractivity contribution >= 4 is 28.9 Å². The van der Waals surface area contributed by atoms with Crippen LogP contribution in [-0.2, 0) is 0 Å². The lowest BCUT2D eigenvalue weighted by Gasteiger charge is -2.26. The van der Waals surface area contributed by atoms with Gasteiger partial charge in [-0.25, -0.2) is 10.0 Å². The summed E-state index contributed by atoms with van der Waals surface area (Å²) >= 11 is 6.09. The fourth-order valence-electron chi connectivity index (χ4n) is 3.92.